The molecule has 1 aliphatic carbocycles. The molecule has 0 aliphatic heterocycles. The van der Waals surface area contributed by atoms with Crippen LogP contribution in [-0.2, 0) is 7.05 Å². The standard InChI is InChI=1S/C24H25ClN6O2/c1-13-10-20(30-29-13)15-8-9-18(19(25)11-15)23(32)17-7-5-4-6-16(17)14(2)28-21-12-27-31(3)22(21)24(26)33/h4-5,8-12,16-17,28H,2,6-7H2,1,3H3,(H2,26,33)(H,29,30). The first kappa shape index (κ1) is 22.5. The Morgan fingerprint density at radius 1 is 1.24 bits per heavy atom. The average Bonchev–Trinajstić information content (AvgIpc) is 3.38. The lowest BCUT2D eigenvalue weighted by atomic mass is 9.77. The molecule has 3 aromatic rings. The molecule has 1 aromatic carbocycles. The molecule has 0 saturated heterocycles. The number of carbonyl (C=O) groups is 2. The molecule has 0 saturated carbocycles. The zero-order valence-electron chi connectivity index (χ0n) is 18.4. The van der Waals surface area contributed by atoms with Crippen LogP contribution in [-0.4, -0.2) is 31.7 Å². The van der Waals surface area contributed by atoms with E-state index >= 15 is 0 Å². The lowest BCUT2D eigenvalue weighted by Gasteiger charge is -2.30. The molecule has 33 heavy (non-hydrogen) atoms. The number of benzene rings is 1. The van der Waals surface area contributed by atoms with Crippen molar-refractivity contribution in [3.05, 3.63) is 76.9 Å². The molecule has 0 fully saturated rings. The Labute approximate surface area is 196 Å². The Balaban J connectivity index is 1.57. The van der Waals surface area contributed by atoms with Crippen LogP contribution < -0.4 is 11.1 Å². The summed E-state index contributed by atoms with van der Waals surface area (Å²) >= 11 is 6.54. The normalized spacial score (nSPS) is 17.7. The first-order chi connectivity index (χ1) is 15.8. The number of primary amides is 1. The minimum absolute atomic E-state index is 0.0524. The number of nitrogens with zero attached hydrogens (tertiary/aromatic N) is 3. The summed E-state index contributed by atoms with van der Waals surface area (Å²) in [5.74, 6) is -1.18. The largest absolute Gasteiger partial charge is 0.364 e. The minimum atomic E-state index is -0.597. The van der Waals surface area contributed by atoms with Crippen LogP contribution in [0.15, 0.2) is 54.9 Å². The van der Waals surface area contributed by atoms with E-state index < -0.39 is 5.91 Å². The summed E-state index contributed by atoms with van der Waals surface area (Å²) in [6, 6.07) is 7.29. The number of carbonyl (C=O) groups excluding carboxylic acids is 2. The van der Waals surface area contributed by atoms with E-state index in [0.29, 0.717) is 34.8 Å². The quantitative estimate of drug-likeness (QED) is 0.356. The lowest BCUT2D eigenvalue weighted by Crippen LogP contribution is -2.29. The van der Waals surface area contributed by atoms with Gasteiger partial charge in [0.25, 0.3) is 5.91 Å². The van der Waals surface area contributed by atoms with Crippen molar-refractivity contribution in [1.29, 1.82) is 0 Å². The number of hydrogen-bond donors (Lipinski definition) is 3. The fourth-order valence-corrected chi connectivity index (χ4v) is 4.49. The minimum Gasteiger partial charge on any atom is -0.364 e. The van der Waals surface area contributed by atoms with Crippen molar-refractivity contribution in [1.82, 2.24) is 20.0 Å². The van der Waals surface area contributed by atoms with E-state index in [1.54, 1.807) is 19.2 Å². The highest BCUT2D eigenvalue weighted by atomic mass is 35.5. The fraction of sp³-hybridized carbons (Fsp3) is 0.250. The maximum atomic E-state index is 13.5. The summed E-state index contributed by atoms with van der Waals surface area (Å²) < 4.78 is 1.41. The Hall–Kier alpha value is -3.65. The Morgan fingerprint density at radius 2 is 1.97 bits per heavy atom. The average molecular weight is 465 g/mol. The highest BCUT2D eigenvalue weighted by Crippen LogP contribution is 2.36. The summed E-state index contributed by atoms with van der Waals surface area (Å²) in [5, 5.41) is 14.8. The van der Waals surface area contributed by atoms with Gasteiger partial charge in [0, 0.05) is 41.4 Å². The van der Waals surface area contributed by atoms with Gasteiger partial charge in [-0.1, -0.05) is 36.4 Å². The van der Waals surface area contributed by atoms with Crippen LogP contribution >= 0.6 is 11.6 Å². The molecule has 4 N–H and O–H groups in total. The number of hydrogen-bond acceptors (Lipinski definition) is 5. The maximum absolute atomic E-state index is 13.5. The van der Waals surface area contributed by atoms with Crippen LogP contribution in [0.3, 0.4) is 0 Å². The smallest absolute Gasteiger partial charge is 0.269 e. The molecule has 8 nitrogen and oxygen atoms in total. The van der Waals surface area contributed by atoms with Gasteiger partial charge in [0.2, 0.25) is 0 Å². The number of H-pyrrole nitrogens is 1. The molecule has 4 rings (SSSR count). The molecule has 1 aliphatic rings. The monoisotopic (exact) mass is 464 g/mol. The fourth-order valence-electron chi connectivity index (χ4n) is 4.22. The Kier molecular flexibility index (Phi) is 6.20. The van der Waals surface area contributed by atoms with Crippen molar-refractivity contribution in [2.24, 2.45) is 24.6 Å². The van der Waals surface area contributed by atoms with Crippen LogP contribution in [0.4, 0.5) is 5.69 Å². The molecular weight excluding hydrogens is 440 g/mol. The molecule has 2 unspecified atom stereocenters. The van der Waals surface area contributed by atoms with Crippen molar-refractivity contribution < 1.29 is 9.59 Å². The van der Waals surface area contributed by atoms with Crippen LogP contribution in [0.5, 0.6) is 0 Å². The van der Waals surface area contributed by atoms with Gasteiger partial charge in [-0.15, -0.1) is 0 Å². The van der Waals surface area contributed by atoms with E-state index in [0.717, 1.165) is 17.0 Å². The summed E-state index contributed by atoms with van der Waals surface area (Å²) in [4.78, 5) is 25.3. The van der Waals surface area contributed by atoms with Gasteiger partial charge < -0.3 is 11.1 Å². The van der Waals surface area contributed by atoms with Crippen molar-refractivity contribution >= 4 is 29.0 Å². The van der Waals surface area contributed by atoms with Crippen molar-refractivity contribution in [2.45, 2.75) is 19.8 Å². The molecule has 2 heterocycles. The van der Waals surface area contributed by atoms with E-state index in [4.69, 9.17) is 17.3 Å². The summed E-state index contributed by atoms with van der Waals surface area (Å²) in [6.07, 6.45) is 6.75. The predicted molar refractivity (Wildman–Crippen MR) is 128 cm³/mol. The van der Waals surface area contributed by atoms with E-state index in [2.05, 4.69) is 27.2 Å². The van der Waals surface area contributed by atoms with Crippen LogP contribution in [0.2, 0.25) is 5.02 Å². The highest BCUT2D eigenvalue weighted by Gasteiger charge is 2.33. The van der Waals surface area contributed by atoms with E-state index in [9.17, 15) is 9.59 Å². The second-order valence-corrected chi connectivity index (χ2v) is 8.60. The maximum Gasteiger partial charge on any atom is 0.269 e. The summed E-state index contributed by atoms with van der Waals surface area (Å²) in [5.41, 5.74) is 9.82. The molecule has 9 heteroatoms. The molecule has 1 amide bonds. The number of allylic oxidation sites excluding steroid dienone is 3. The van der Waals surface area contributed by atoms with Gasteiger partial charge in [-0.2, -0.15) is 10.2 Å². The first-order valence-corrected chi connectivity index (χ1v) is 10.9. The number of nitrogens with one attached hydrogen (secondary N) is 2. The zero-order chi connectivity index (χ0) is 23.7. The van der Waals surface area contributed by atoms with E-state index in [1.165, 1.54) is 10.9 Å². The number of rotatable bonds is 7. The molecule has 2 aromatic heterocycles. The van der Waals surface area contributed by atoms with E-state index in [1.807, 2.05) is 31.2 Å². The Bertz CT molecular complexity index is 1270. The third-order valence-electron chi connectivity index (χ3n) is 5.92. The van der Waals surface area contributed by atoms with Crippen molar-refractivity contribution in [3.63, 3.8) is 0 Å². The topological polar surface area (TPSA) is 119 Å². The number of Topliss-reactive ketones (excluding diaryl/α,β-unsaturated/α-hetero) is 1. The molecule has 0 bridgehead atoms. The van der Waals surface area contributed by atoms with Crippen molar-refractivity contribution in [3.8, 4) is 11.3 Å². The molecule has 2 atom stereocenters. The van der Waals surface area contributed by atoms with Gasteiger partial charge in [-0.3, -0.25) is 19.4 Å². The summed E-state index contributed by atoms with van der Waals surface area (Å²) in [6.45, 7) is 6.08. The zero-order valence-corrected chi connectivity index (χ0v) is 19.2. The van der Waals surface area contributed by atoms with Gasteiger partial charge in [0.15, 0.2) is 5.78 Å². The highest BCUT2D eigenvalue weighted by molar-refractivity contribution is 6.34. The van der Waals surface area contributed by atoms with Crippen LogP contribution in [0.1, 0.15) is 39.4 Å². The van der Waals surface area contributed by atoms with Gasteiger partial charge in [-0.05, 0) is 38.0 Å². The third-order valence-corrected chi connectivity index (χ3v) is 6.23. The first-order valence-electron chi connectivity index (χ1n) is 10.5. The number of aromatic amines is 1. The second kappa shape index (κ2) is 9.07. The van der Waals surface area contributed by atoms with Gasteiger partial charge in [-0.25, -0.2) is 0 Å². The molecule has 0 spiro atoms. The third kappa shape index (κ3) is 4.47. The number of halogens is 1. The summed E-state index contributed by atoms with van der Waals surface area (Å²) in [7, 11) is 1.64. The molecule has 0 radical (unpaired) electrons. The number of nitrogens with two attached hydrogens (primary N) is 1. The number of ketones is 1. The number of anilines is 1. The molecular formula is C24H25ClN6O2. The van der Waals surface area contributed by atoms with E-state index in [-0.39, 0.29) is 23.3 Å². The molecule has 170 valence electrons. The van der Waals surface area contributed by atoms with Crippen LogP contribution in [0.25, 0.3) is 11.3 Å². The van der Waals surface area contributed by atoms with Gasteiger partial charge in [0.05, 0.1) is 22.6 Å². The lowest BCUT2D eigenvalue weighted by molar-refractivity contribution is 0.0883. The van der Waals surface area contributed by atoms with Gasteiger partial charge in [0.1, 0.15) is 5.69 Å². The number of amides is 1. The van der Waals surface area contributed by atoms with Crippen LogP contribution in [0, 0.1) is 18.8 Å². The second-order valence-electron chi connectivity index (χ2n) is 8.20. The van der Waals surface area contributed by atoms with Crippen molar-refractivity contribution in [2.75, 3.05) is 5.32 Å². The predicted octanol–water partition coefficient (Wildman–Crippen LogP) is 4.26. The van der Waals surface area contributed by atoms with Gasteiger partial charge >= 0.3 is 0 Å². The number of aryl methyl sites for hydroxylation is 2. The Morgan fingerprint density at radius 3 is 2.61 bits per heavy atom. The SMILES string of the molecule is C=C(Nc1cnn(C)c1C(N)=O)C1CC=CCC1C(=O)c1ccc(-c2cc(C)[nH]n2)cc1Cl. The number of aromatic nitrogens is 4.